The molecule has 1 N–H and O–H groups in total. The summed E-state index contributed by atoms with van der Waals surface area (Å²) in [6.45, 7) is 4.94. The third-order valence-corrected chi connectivity index (χ3v) is 4.51. The van der Waals surface area contributed by atoms with E-state index in [2.05, 4.69) is 5.32 Å². The highest BCUT2D eigenvalue weighted by molar-refractivity contribution is 6.10. The van der Waals surface area contributed by atoms with Crippen LogP contribution >= 0.6 is 0 Å². The average molecular weight is 363 g/mol. The van der Waals surface area contributed by atoms with Gasteiger partial charge in [-0.15, -0.1) is 0 Å². The van der Waals surface area contributed by atoms with E-state index in [1.807, 2.05) is 0 Å². The maximum absolute atomic E-state index is 12.8. The summed E-state index contributed by atoms with van der Waals surface area (Å²) in [4.78, 5) is 39.6. The summed E-state index contributed by atoms with van der Waals surface area (Å²) in [5, 5.41) is 2.76. The van der Waals surface area contributed by atoms with Crippen molar-refractivity contribution in [3.8, 4) is 11.5 Å². The number of rotatable bonds is 6. The molecule has 0 radical (unpaired) electrons. The summed E-state index contributed by atoms with van der Waals surface area (Å²) in [5.41, 5.74) is -0.833. The van der Waals surface area contributed by atoms with Crippen LogP contribution in [-0.2, 0) is 14.4 Å². The summed E-state index contributed by atoms with van der Waals surface area (Å²) in [7, 11) is 3.03. The molecule has 0 spiro atoms. The molecule has 3 amide bonds. The van der Waals surface area contributed by atoms with Gasteiger partial charge in [0.05, 0.1) is 19.9 Å². The summed E-state index contributed by atoms with van der Waals surface area (Å²) in [5.74, 6) is 0.325. The van der Waals surface area contributed by atoms with Crippen molar-refractivity contribution in [3.05, 3.63) is 18.2 Å². The quantitative estimate of drug-likeness (QED) is 0.601. The molecule has 0 bridgehead atoms. The smallest absolute Gasteiger partial charge is 0.239 e. The van der Waals surface area contributed by atoms with Crippen LogP contribution in [0.15, 0.2) is 18.2 Å². The molecule has 142 valence electrons. The molecular formula is C18H25N3O5. The van der Waals surface area contributed by atoms with Gasteiger partial charge in [-0.2, -0.15) is 0 Å². The van der Waals surface area contributed by atoms with E-state index in [9.17, 15) is 14.4 Å². The molecule has 0 atom stereocenters. The first-order valence-corrected chi connectivity index (χ1v) is 8.35. The van der Waals surface area contributed by atoms with Crippen LogP contribution in [0.4, 0.5) is 5.69 Å². The third kappa shape index (κ3) is 4.07. The van der Waals surface area contributed by atoms with Crippen molar-refractivity contribution in [2.24, 2.45) is 5.41 Å². The van der Waals surface area contributed by atoms with E-state index in [4.69, 9.17) is 9.47 Å². The maximum atomic E-state index is 12.8. The lowest BCUT2D eigenvalue weighted by molar-refractivity contribution is -0.148. The van der Waals surface area contributed by atoms with Gasteiger partial charge in [0, 0.05) is 32.2 Å². The van der Waals surface area contributed by atoms with Gasteiger partial charge in [-0.25, -0.2) is 0 Å². The zero-order valence-corrected chi connectivity index (χ0v) is 15.6. The van der Waals surface area contributed by atoms with E-state index in [1.54, 1.807) is 41.8 Å². The highest BCUT2D eigenvalue weighted by atomic mass is 16.5. The Morgan fingerprint density at radius 3 is 2.31 bits per heavy atom. The molecule has 0 saturated carbocycles. The minimum Gasteiger partial charge on any atom is -0.497 e. The molecule has 1 fully saturated rings. The number of piperazine rings is 1. The number of carbonyl (C=O) groups excluding carboxylic acids is 3. The number of hydrogen-bond donors (Lipinski definition) is 1. The van der Waals surface area contributed by atoms with Gasteiger partial charge in [-0.05, 0) is 26.0 Å². The number of hydrogen-bond acceptors (Lipinski definition) is 5. The fourth-order valence-corrected chi connectivity index (χ4v) is 2.71. The van der Waals surface area contributed by atoms with Gasteiger partial charge in [0.1, 0.15) is 16.9 Å². The third-order valence-electron chi connectivity index (χ3n) is 4.51. The van der Waals surface area contributed by atoms with Gasteiger partial charge in [-0.3, -0.25) is 14.4 Å². The molecule has 26 heavy (non-hydrogen) atoms. The molecule has 1 aliphatic rings. The largest absolute Gasteiger partial charge is 0.497 e. The molecule has 8 nitrogen and oxygen atoms in total. The first kappa shape index (κ1) is 19.6. The van der Waals surface area contributed by atoms with Gasteiger partial charge >= 0.3 is 0 Å². The molecular weight excluding hydrogens is 338 g/mol. The van der Waals surface area contributed by atoms with Crippen molar-refractivity contribution in [3.63, 3.8) is 0 Å². The van der Waals surface area contributed by atoms with Gasteiger partial charge in [-0.1, -0.05) is 0 Å². The van der Waals surface area contributed by atoms with Crippen LogP contribution in [0, 0.1) is 5.41 Å². The van der Waals surface area contributed by atoms with Crippen molar-refractivity contribution in [2.45, 2.75) is 13.8 Å². The predicted octanol–water partition coefficient (Wildman–Crippen LogP) is 0.969. The number of benzene rings is 1. The van der Waals surface area contributed by atoms with Crippen molar-refractivity contribution < 1.29 is 23.9 Å². The topological polar surface area (TPSA) is 88.2 Å². The molecule has 1 aromatic rings. The number of nitrogens with one attached hydrogen (secondary N) is 1. The molecule has 8 heteroatoms. The Morgan fingerprint density at radius 2 is 1.77 bits per heavy atom. The number of methoxy groups -OCH3 is 2. The van der Waals surface area contributed by atoms with Crippen LogP contribution in [-0.4, -0.2) is 68.4 Å². The fraction of sp³-hybridized carbons (Fsp3) is 0.500. The van der Waals surface area contributed by atoms with Crippen LogP contribution < -0.4 is 14.8 Å². The Morgan fingerprint density at radius 1 is 1.12 bits per heavy atom. The van der Waals surface area contributed by atoms with E-state index in [1.165, 1.54) is 14.2 Å². The second-order valence-electron chi connectivity index (χ2n) is 6.58. The molecule has 1 heterocycles. The van der Waals surface area contributed by atoms with Gasteiger partial charge < -0.3 is 24.6 Å². The van der Waals surface area contributed by atoms with Gasteiger partial charge in [0.15, 0.2) is 0 Å². The zero-order valence-electron chi connectivity index (χ0n) is 15.6. The Hall–Kier alpha value is -2.77. The molecule has 0 aromatic heterocycles. The van der Waals surface area contributed by atoms with E-state index in [-0.39, 0.29) is 5.91 Å². The second kappa shape index (κ2) is 8.07. The van der Waals surface area contributed by atoms with E-state index in [0.717, 1.165) is 6.41 Å². The summed E-state index contributed by atoms with van der Waals surface area (Å²) < 4.78 is 10.4. The highest BCUT2D eigenvalue weighted by Crippen LogP contribution is 2.31. The minimum absolute atomic E-state index is 0.276. The van der Waals surface area contributed by atoms with Crippen LogP contribution in [0.3, 0.4) is 0 Å². The summed E-state index contributed by atoms with van der Waals surface area (Å²) in [6, 6.07) is 5.04. The molecule has 1 aliphatic heterocycles. The lowest BCUT2D eigenvalue weighted by Crippen LogP contribution is -2.54. The highest BCUT2D eigenvalue weighted by Gasteiger charge is 2.40. The second-order valence-corrected chi connectivity index (χ2v) is 6.58. The SMILES string of the molecule is COc1ccc(OC)c(NC(=O)C(C)(C)C(=O)N2CCN(C=O)CC2)c1. The standard InChI is InChI=1S/C18H25N3O5/c1-18(2,17(24)21-9-7-20(12-22)8-10-21)16(23)19-14-11-13(25-3)5-6-15(14)26-4/h5-6,11-12H,7-10H2,1-4H3,(H,19,23). The Bertz CT molecular complexity index is 681. The van der Waals surface area contributed by atoms with Gasteiger partial charge in [0.25, 0.3) is 0 Å². The zero-order chi connectivity index (χ0) is 19.3. The maximum Gasteiger partial charge on any atom is 0.239 e. The monoisotopic (exact) mass is 363 g/mol. The fourth-order valence-electron chi connectivity index (χ4n) is 2.71. The summed E-state index contributed by atoms with van der Waals surface area (Å²) in [6.07, 6.45) is 0.773. The molecule has 0 aliphatic carbocycles. The Kier molecular flexibility index (Phi) is 6.07. The lowest BCUT2D eigenvalue weighted by Gasteiger charge is -2.36. The Labute approximate surface area is 153 Å². The first-order valence-electron chi connectivity index (χ1n) is 8.35. The van der Waals surface area contributed by atoms with Crippen molar-refractivity contribution in [1.29, 1.82) is 0 Å². The van der Waals surface area contributed by atoms with Crippen LogP contribution in [0.5, 0.6) is 11.5 Å². The first-order chi connectivity index (χ1) is 12.3. The van der Waals surface area contributed by atoms with E-state index in [0.29, 0.717) is 43.4 Å². The number of nitrogens with zero attached hydrogens (tertiary/aromatic N) is 2. The average Bonchev–Trinajstić information content (AvgIpc) is 2.67. The molecule has 2 rings (SSSR count). The summed E-state index contributed by atoms with van der Waals surface area (Å²) >= 11 is 0. The van der Waals surface area contributed by atoms with Crippen molar-refractivity contribution in [1.82, 2.24) is 9.80 Å². The van der Waals surface area contributed by atoms with Crippen LogP contribution in [0.2, 0.25) is 0 Å². The predicted molar refractivity (Wildman–Crippen MR) is 96.2 cm³/mol. The lowest BCUT2D eigenvalue weighted by atomic mass is 9.89. The van der Waals surface area contributed by atoms with Gasteiger partial charge in [0.2, 0.25) is 18.2 Å². The van der Waals surface area contributed by atoms with Crippen LogP contribution in [0.25, 0.3) is 0 Å². The Balaban J connectivity index is 2.12. The van der Waals surface area contributed by atoms with E-state index < -0.39 is 11.3 Å². The number of amides is 3. The van der Waals surface area contributed by atoms with Crippen molar-refractivity contribution >= 4 is 23.9 Å². The van der Waals surface area contributed by atoms with E-state index >= 15 is 0 Å². The van der Waals surface area contributed by atoms with Crippen LogP contribution in [0.1, 0.15) is 13.8 Å². The molecule has 0 unspecified atom stereocenters. The number of carbonyl (C=O) groups is 3. The molecule has 1 saturated heterocycles. The molecule has 1 aromatic carbocycles. The van der Waals surface area contributed by atoms with Crippen molar-refractivity contribution in [2.75, 3.05) is 45.7 Å². The normalized spacial score (nSPS) is 14.6. The minimum atomic E-state index is -1.27. The number of anilines is 1. The number of ether oxygens (including phenoxy) is 2.